The van der Waals surface area contributed by atoms with Crippen LogP contribution >= 0.6 is 0 Å². The number of rotatable bonds is 19. The minimum atomic E-state index is -0.255. The van der Waals surface area contributed by atoms with Crippen molar-refractivity contribution in [2.45, 2.75) is 51.4 Å². The molecule has 0 aliphatic carbocycles. The van der Waals surface area contributed by atoms with Crippen molar-refractivity contribution in [2.24, 2.45) is 0 Å². The summed E-state index contributed by atoms with van der Waals surface area (Å²) in [6.07, 6.45) is 6.00. The summed E-state index contributed by atoms with van der Waals surface area (Å²) in [5, 5.41) is 11.2. The molecule has 2 aromatic rings. The number of para-hydroxylation sites is 2. The van der Waals surface area contributed by atoms with E-state index in [2.05, 4.69) is 21.3 Å². The molecule has 0 aliphatic rings. The summed E-state index contributed by atoms with van der Waals surface area (Å²) in [6, 6.07) is 13.9. The molecule has 10 nitrogen and oxygen atoms in total. The number of methoxy groups -OCH3 is 2. The summed E-state index contributed by atoms with van der Waals surface area (Å²) in [7, 11) is 3.13. The quantitative estimate of drug-likeness (QED) is 0.193. The number of amides is 4. The molecule has 0 saturated heterocycles. The van der Waals surface area contributed by atoms with E-state index in [1.807, 2.05) is 0 Å². The van der Waals surface area contributed by atoms with Crippen molar-refractivity contribution < 1.29 is 28.7 Å². The molecule has 0 fully saturated rings. The Morgan fingerprint density at radius 1 is 0.575 bits per heavy atom. The lowest BCUT2D eigenvalue weighted by atomic mass is 10.1. The topological polar surface area (TPSA) is 135 Å². The first-order valence-electron chi connectivity index (χ1n) is 13.8. The van der Waals surface area contributed by atoms with Crippen molar-refractivity contribution in [1.29, 1.82) is 0 Å². The fourth-order valence-corrected chi connectivity index (χ4v) is 4.01. The first-order chi connectivity index (χ1) is 19.5. The lowest BCUT2D eigenvalue weighted by Crippen LogP contribution is -2.28. The molecule has 2 aromatic carbocycles. The number of hydrogen-bond donors (Lipinski definition) is 4. The highest BCUT2D eigenvalue weighted by molar-refractivity contribution is 6.04. The molecular weight excluding hydrogens is 512 g/mol. The Morgan fingerprint density at radius 2 is 0.950 bits per heavy atom. The van der Waals surface area contributed by atoms with Crippen molar-refractivity contribution >= 4 is 35.0 Å². The maximum Gasteiger partial charge on any atom is 0.253 e. The summed E-state index contributed by atoms with van der Waals surface area (Å²) in [5.41, 5.74) is 1.83. The third-order valence-electron chi connectivity index (χ3n) is 6.13. The van der Waals surface area contributed by atoms with E-state index in [1.165, 1.54) is 0 Å². The summed E-state index contributed by atoms with van der Waals surface area (Å²) < 4.78 is 9.89. The molecule has 0 radical (unpaired) electrons. The van der Waals surface area contributed by atoms with Crippen LogP contribution in [-0.2, 0) is 19.1 Å². The van der Waals surface area contributed by atoms with E-state index in [0.717, 1.165) is 38.5 Å². The lowest BCUT2D eigenvalue weighted by Gasteiger charge is -2.11. The molecule has 0 heterocycles. The van der Waals surface area contributed by atoms with E-state index in [-0.39, 0.29) is 23.6 Å². The summed E-state index contributed by atoms with van der Waals surface area (Å²) in [6.45, 7) is 1.62. The largest absolute Gasteiger partial charge is 0.383 e. The second-order valence-electron chi connectivity index (χ2n) is 9.31. The second-order valence-corrected chi connectivity index (χ2v) is 9.31. The molecule has 0 atom stereocenters. The molecule has 218 valence electrons. The average Bonchev–Trinajstić information content (AvgIpc) is 2.95. The zero-order chi connectivity index (χ0) is 29.0. The van der Waals surface area contributed by atoms with E-state index in [1.54, 1.807) is 62.8 Å². The number of nitrogens with one attached hydrogen (secondary N) is 4. The number of carbonyl (C=O) groups is 4. The molecular formula is C30H42N4O6. The Bertz CT molecular complexity index is 1010. The SMILES string of the molecule is COCCNC(=O)c1ccccc1NC(=O)CCCCCCCCC(=O)Nc1ccccc1C(=O)NCCOC. The number of unbranched alkanes of at least 4 members (excludes halogenated alkanes) is 5. The van der Waals surface area contributed by atoms with Gasteiger partial charge in [0.25, 0.3) is 11.8 Å². The van der Waals surface area contributed by atoms with Gasteiger partial charge in [-0.1, -0.05) is 49.9 Å². The van der Waals surface area contributed by atoms with E-state index in [0.29, 0.717) is 61.6 Å². The van der Waals surface area contributed by atoms with Gasteiger partial charge in [0.15, 0.2) is 0 Å². The van der Waals surface area contributed by atoms with Gasteiger partial charge in [0, 0.05) is 40.2 Å². The van der Waals surface area contributed by atoms with Crippen LogP contribution in [0.5, 0.6) is 0 Å². The highest BCUT2D eigenvalue weighted by Gasteiger charge is 2.14. The Balaban J connectivity index is 1.61. The summed E-state index contributed by atoms with van der Waals surface area (Å²) in [4.78, 5) is 49.5. The molecule has 2 rings (SSSR count). The normalized spacial score (nSPS) is 10.6. The fourth-order valence-electron chi connectivity index (χ4n) is 4.01. The highest BCUT2D eigenvalue weighted by atomic mass is 16.5. The molecule has 0 aliphatic heterocycles. The molecule has 4 amide bonds. The van der Waals surface area contributed by atoms with Crippen LogP contribution in [0.3, 0.4) is 0 Å². The second kappa shape index (κ2) is 19.3. The molecule has 0 spiro atoms. The molecule has 10 heteroatoms. The van der Waals surface area contributed by atoms with Crippen LogP contribution in [0.1, 0.15) is 72.1 Å². The van der Waals surface area contributed by atoms with E-state index < -0.39 is 0 Å². The van der Waals surface area contributed by atoms with Gasteiger partial charge in [-0.25, -0.2) is 0 Å². The van der Waals surface area contributed by atoms with Gasteiger partial charge in [0.05, 0.1) is 35.7 Å². The number of anilines is 2. The number of benzene rings is 2. The molecule has 0 aromatic heterocycles. The predicted octanol–water partition coefficient (Wildman–Crippen LogP) is 4.14. The van der Waals surface area contributed by atoms with E-state index in [9.17, 15) is 19.2 Å². The number of hydrogen-bond acceptors (Lipinski definition) is 6. The minimum absolute atomic E-state index is 0.124. The van der Waals surface area contributed by atoms with Crippen molar-refractivity contribution in [3.8, 4) is 0 Å². The molecule has 4 N–H and O–H groups in total. The molecule has 0 saturated carbocycles. The Labute approximate surface area is 236 Å². The Morgan fingerprint density at radius 3 is 1.35 bits per heavy atom. The lowest BCUT2D eigenvalue weighted by molar-refractivity contribution is -0.117. The van der Waals surface area contributed by atoms with Crippen molar-refractivity contribution in [3.05, 3.63) is 59.7 Å². The zero-order valence-electron chi connectivity index (χ0n) is 23.6. The molecule has 0 unspecified atom stereocenters. The van der Waals surface area contributed by atoms with E-state index in [4.69, 9.17) is 9.47 Å². The van der Waals surface area contributed by atoms with Crippen LogP contribution in [-0.4, -0.2) is 64.2 Å². The van der Waals surface area contributed by atoms with Gasteiger partial charge in [-0.2, -0.15) is 0 Å². The Hall–Kier alpha value is -3.76. The third-order valence-corrected chi connectivity index (χ3v) is 6.13. The van der Waals surface area contributed by atoms with Crippen molar-refractivity contribution in [2.75, 3.05) is 51.2 Å². The van der Waals surface area contributed by atoms with Gasteiger partial charge in [0.2, 0.25) is 11.8 Å². The number of ether oxygens (including phenoxy) is 2. The maximum absolute atomic E-state index is 12.4. The minimum Gasteiger partial charge on any atom is -0.383 e. The van der Waals surface area contributed by atoms with Gasteiger partial charge < -0.3 is 30.7 Å². The summed E-state index contributed by atoms with van der Waals surface area (Å²) >= 11 is 0. The van der Waals surface area contributed by atoms with Crippen LogP contribution < -0.4 is 21.3 Å². The maximum atomic E-state index is 12.4. The van der Waals surface area contributed by atoms with Crippen LogP contribution in [0, 0.1) is 0 Å². The monoisotopic (exact) mass is 554 g/mol. The van der Waals surface area contributed by atoms with Gasteiger partial charge in [-0.15, -0.1) is 0 Å². The van der Waals surface area contributed by atoms with Crippen molar-refractivity contribution in [3.63, 3.8) is 0 Å². The fraction of sp³-hybridized carbons (Fsp3) is 0.467. The highest BCUT2D eigenvalue weighted by Crippen LogP contribution is 2.18. The third kappa shape index (κ3) is 12.4. The first-order valence-corrected chi connectivity index (χ1v) is 13.8. The van der Waals surface area contributed by atoms with E-state index >= 15 is 0 Å². The predicted molar refractivity (Wildman–Crippen MR) is 155 cm³/mol. The molecule has 0 bridgehead atoms. The first kappa shape index (κ1) is 32.5. The summed E-state index contributed by atoms with van der Waals surface area (Å²) in [5.74, 6) is -0.758. The van der Waals surface area contributed by atoms with Crippen LogP contribution in [0.4, 0.5) is 11.4 Å². The van der Waals surface area contributed by atoms with Gasteiger partial charge in [0.1, 0.15) is 0 Å². The Kier molecular flexibility index (Phi) is 15.7. The van der Waals surface area contributed by atoms with Gasteiger partial charge in [-0.05, 0) is 37.1 Å². The van der Waals surface area contributed by atoms with Gasteiger partial charge >= 0.3 is 0 Å². The number of carbonyl (C=O) groups excluding carboxylic acids is 4. The van der Waals surface area contributed by atoms with Crippen LogP contribution in [0.2, 0.25) is 0 Å². The standard InChI is InChI=1S/C30H42N4O6/c1-39-21-19-31-29(37)23-13-9-11-15-25(23)33-27(35)17-7-5-3-4-6-8-18-28(36)34-26-16-12-10-14-24(26)30(38)32-20-22-40-2/h9-16H,3-8,17-22H2,1-2H3,(H,31,37)(H,32,38)(H,33,35)(H,34,36). The smallest absolute Gasteiger partial charge is 0.253 e. The molecule has 40 heavy (non-hydrogen) atoms. The van der Waals surface area contributed by atoms with Gasteiger partial charge in [-0.3, -0.25) is 19.2 Å². The van der Waals surface area contributed by atoms with Crippen LogP contribution in [0.25, 0.3) is 0 Å². The average molecular weight is 555 g/mol. The zero-order valence-corrected chi connectivity index (χ0v) is 23.6. The van der Waals surface area contributed by atoms with Crippen molar-refractivity contribution in [1.82, 2.24) is 10.6 Å². The van der Waals surface area contributed by atoms with Crippen LogP contribution in [0.15, 0.2) is 48.5 Å².